The van der Waals surface area contributed by atoms with Gasteiger partial charge < -0.3 is 14.6 Å². The number of carbonyl (C=O) groups is 2. The Morgan fingerprint density at radius 1 is 1.13 bits per heavy atom. The molecule has 1 aliphatic rings. The number of allylic oxidation sites excluding steroid dienone is 1. The minimum absolute atomic E-state index is 0.132. The van der Waals surface area contributed by atoms with Gasteiger partial charge in [-0.2, -0.15) is 0 Å². The number of ketones is 1. The van der Waals surface area contributed by atoms with Gasteiger partial charge in [-0.25, -0.2) is 4.79 Å². The number of hydrogen-bond donors (Lipinski definition) is 1. The molecule has 0 spiro atoms. The number of phenols is 1. The fraction of sp³-hybridized carbons (Fsp3) is 0.360. The van der Waals surface area contributed by atoms with Crippen molar-refractivity contribution in [1.82, 2.24) is 0 Å². The van der Waals surface area contributed by atoms with E-state index in [9.17, 15) is 14.7 Å². The van der Waals surface area contributed by atoms with Crippen molar-refractivity contribution in [2.45, 2.75) is 58.2 Å². The first-order chi connectivity index (χ1) is 14.9. The maximum Gasteiger partial charge on any atom is 0.342 e. The number of Topliss-reactive ketones (excluding diaryl/α,β-unsaturated/α-hetero) is 1. The molecule has 2 aromatic carbocycles. The number of phenolic OH excluding ortho intramolecular Hbond substituents is 1. The number of halogens is 1. The molecule has 0 unspecified atom stereocenters. The summed E-state index contributed by atoms with van der Waals surface area (Å²) >= 11 is 3.41. The van der Waals surface area contributed by atoms with Crippen LogP contribution >= 0.6 is 15.9 Å². The zero-order chi connectivity index (χ0) is 22.2. The molecule has 1 aliphatic heterocycles. The first-order valence-corrected chi connectivity index (χ1v) is 11.3. The summed E-state index contributed by atoms with van der Waals surface area (Å²) in [5.74, 6) is -0.0495. The zero-order valence-electron chi connectivity index (χ0n) is 17.6. The van der Waals surface area contributed by atoms with Crippen LogP contribution in [0.15, 0.2) is 46.9 Å². The number of benzene rings is 2. The topological polar surface area (TPSA) is 72.8 Å². The second-order valence-electron chi connectivity index (χ2n) is 7.76. The Kier molecular flexibility index (Phi) is 8.29. The van der Waals surface area contributed by atoms with E-state index in [1.165, 1.54) is 6.07 Å². The number of ether oxygens (including phenoxy) is 2. The molecule has 164 valence electrons. The van der Waals surface area contributed by atoms with Gasteiger partial charge in [0.15, 0.2) is 0 Å². The van der Waals surface area contributed by atoms with Crippen LogP contribution in [0.3, 0.4) is 0 Å². The van der Waals surface area contributed by atoms with Crippen LogP contribution in [0.25, 0.3) is 6.08 Å². The first-order valence-electron chi connectivity index (χ1n) is 10.6. The molecule has 6 heteroatoms. The quantitative estimate of drug-likeness (QED) is 0.521. The summed E-state index contributed by atoms with van der Waals surface area (Å²) in [5.41, 5.74) is 1.65. The molecule has 3 rings (SSSR count). The van der Waals surface area contributed by atoms with Crippen LogP contribution in [-0.4, -0.2) is 23.0 Å². The van der Waals surface area contributed by atoms with E-state index < -0.39 is 5.97 Å². The molecule has 1 N–H and O–H groups in total. The van der Waals surface area contributed by atoms with Gasteiger partial charge in [0.05, 0.1) is 6.10 Å². The Hall–Kier alpha value is -2.60. The molecule has 2 aromatic rings. The number of fused-ring (bicyclic) bond motifs is 1. The number of carbonyl (C=O) groups excluding carboxylic acids is 2. The number of cyclic esters (lactones) is 1. The van der Waals surface area contributed by atoms with E-state index in [4.69, 9.17) is 9.47 Å². The van der Waals surface area contributed by atoms with Gasteiger partial charge in [0, 0.05) is 23.4 Å². The van der Waals surface area contributed by atoms with E-state index in [1.54, 1.807) is 19.1 Å². The van der Waals surface area contributed by atoms with E-state index in [-0.39, 0.29) is 23.2 Å². The summed E-state index contributed by atoms with van der Waals surface area (Å²) < 4.78 is 12.4. The number of rotatable bonds is 3. The summed E-state index contributed by atoms with van der Waals surface area (Å²) in [4.78, 5) is 24.7. The standard InChI is InChI=1S/C25H27BrO5/c1-17-6-5-9-21(27)8-4-2-3-7-19-14-22(15-23(28)24(19)25(29)31-17)30-16-18-10-12-20(26)13-11-18/h3,7,10-15,17,28H,2,4-6,8-9,16H2,1H3/t17-/m0/s1. The molecule has 0 fully saturated rings. The molecular weight excluding hydrogens is 460 g/mol. The highest BCUT2D eigenvalue weighted by Crippen LogP contribution is 2.31. The molecule has 0 bridgehead atoms. The van der Waals surface area contributed by atoms with Gasteiger partial charge in [0.25, 0.3) is 0 Å². The van der Waals surface area contributed by atoms with Crippen molar-refractivity contribution in [3.63, 3.8) is 0 Å². The zero-order valence-corrected chi connectivity index (χ0v) is 19.2. The van der Waals surface area contributed by atoms with Crippen molar-refractivity contribution < 1.29 is 24.2 Å². The van der Waals surface area contributed by atoms with Gasteiger partial charge >= 0.3 is 5.97 Å². The van der Waals surface area contributed by atoms with Crippen LogP contribution in [0.2, 0.25) is 0 Å². The Balaban J connectivity index is 1.84. The molecule has 0 saturated heterocycles. The Labute approximate surface area is 191 Å². The average Bonchev–Trinajstić information content (AvgIpc) is 2.72. The van der Waals surface area contributed by atoms with Crippen molar-refractivity contribution in [2.24, 2.45) is 0 Å². The summed E-state index contributed by atoms with van der Waals surface area (Å²) in [6.07, 6.45) is 7.17. The van der Waals surface area contributed by atoms with Crippen molar-refractivity contribution >= 4 is 33.8 Å². The second kappa shape index (κ2) is 11.1. The van der Waals surface area contributed by atoms with Crippen LogP contribution in [0.4, 0.5) is 0 Å². The van der Waals surface area contributed by atoms with E-state index in [2.05, 4.69) is 15.9 Å². The molecule has 1 atom stereocenters. The fourth-order valence-electron chi connectivity index (χ4n) is 3.45. The monoisotopic (exact) mass is 486 g/mol. The molecule has 0 radical (unpaired) electrons. The predicted octanol–water partition coefficient (Wildman–Crippen LogP) is 6.22. The highest BCUT2D eigenvalue weighted by molar-refractivity contribution is 9.10. The predicted molar refractivity (Wildman–Crippen MR) is 123 cm³/mol. The Morgan fingerprint density at radius 2 is 1.87 bits per heavy atom. The third kappa shape index (κ3) is 6.96. The first kappa shape index (κ1) is 23.1. The summed E-state index contributed by atoms with van der Waals surface area (Å²) in [5, 5.41) is 10.6. The largest absolute Gasteiger partial charge is 0.507 e. The van der Waals surface area contributed by atoms with Gasteiger partial charge in [-0.1, -0.05) is 40.2 Å². The fourth-order valence-corrected chi connectivity index (χ4v) is 3.71. The number of hydrogen-bond acceptors (Lipinski definition) is 5. The highest BCUT2D eigenvalue weighted by Gasteiger charge is 2.21. The van der Waals surface area contributed by atoms with Gasteiger partial charge in [0.1, 0.15) is 29.5 Å². The number of aromatic hydroxyl groups is 1. The van der Waals surface area contributed by atoms with Gasteiger partial charge in [-0.15, -0.1) is 0 Å². The van der Waals surface area contributed by atoms with Crippen LogP contribution in [0.1, 0.15) is 66.9 Å². The SMILES string of the molecule is C[C@H]1CCCC(=O)CCCC=Cc2cc(OCc3ccc(Br)cc3)cc(O)c2C(=O)O1. The van der Waals surface area contributed by atoms with Crippen LogP contribution in [0, 0.1) is 0 Å². The third-order valence-corrected chi connectivity index (χ3v) is 5.67. The van der Waals surface area contributed by atoms with E-state index >= 15 is 0 Å². The maximum atomic E-state index is 12.8. The smallest absolute Gasteiger partial charge is 0.342 e. The lowest BCUT2D eigenvalue weighted by Crippen LogP contribution is -2.17. The molecular formula is C25H27BrO5. The summed E-state index contributed by atoms with van der Waals surface area (Å²) in [7, 11) is 0. The molecule has 1 heterocycles. The summed E-state index contributed by atoms with van der Waals surface area (Å²) in [6, 6.07) is 10.9. The molecule has 0 amide bonds. The molecule has 0 saturated carbocycles. The second-order valence-corrected chi connectivity index (χ2v) is 8.68. The Bertz CT molecular complexity index is 949. The van der Waals surface area contributed by atoms with Crippen LogP contribution in [-0.2, 0) is 16.1 Å². The van der Waals surface area contributed by atoms with E-state index in [0.717, 1.165) is 16.5 Å². The lowest BCUT2D eigenvalue weighted by atomic mass is 10.0. The average molecular weight is 487 g/mol. The van der Waals surface area contributed by atoms with Crippen molar-refractivity contribution in [3.05, 3.63) is 63.6 Å². The normalized spacial score (nSPS) is 18.1. The van der Waals surface area contributed by atoms with E-state index in [0.29, 0.717) is 50.0 Å². The lowest BCUT2D eigenvalue weighted by Gasteiger charge is -2.16. The van der Waals surface area contributed by atoms with Gasteiger partial charge in [0.2, 0.25) is 0 Å². The molecule has 0 aliphatic carbocycles. The minimum Gasteiger partial charge on any atom is -0.507 e. The van der Waals surface area contributed by atoms with Crippen molar-refractivity contribution in [1.29, 1.82) is 0 Å². The third-order valence-electron chi connectivity index (χ3n) is 5.14. The Morgan fingerprint density at radius 3 is 2.65 bits per heavy atom. The van der Waals surface area contributed by atoms with Crippen LogP contribution < -0.4 is 4.74 Å². The van der Waals surface area contributed by atoms with Crippen LogP contribution in [0.5, 0.6) is 11.5 Å². The van der Waals surface area contributed by atoms with Gasteiger partial charge in [-0.3, -0.25) is 4.79 Å². The van der Waals surface area contributed by atoms with Gasteiger partial charge in [-0.05, 0) is 61.9 Å². The molecule has 5 nitrogen and oxygen atoms in total. The highest BCUT2D eigenvalue weighted by atomic mass is 79.9. The van der Waals surface area contributed by atoms with E-state index in [1.807, 2.05) is 30.3 Å². The molecule has 31 heavy (non-hydrogen) atoms. The minimum atomic E-state index is -0.576. The molecule has 0 aromatic heterocycles. The number of esters is 1. The summed E-state index contributed by atoms with van der Waals surface area (Å²) in [6.45, 7) is 2.13. The van der Waals surface area contributed by atoms with Crippen molar-refractivity contribution in [2.75, 3.05) is 0 Å². The maximum absolute atomic E-state index is 12.8. The van der Waals surface area contributed by atoms with Crippen molar-refractivity contribution in [3.8, 4) is 11.5 Å². The lowest BCUT2D eigenvalue weighted by molar-refractivity contribution is -0.119.